The largest absolute Gasteiger partial charge is 0.353 e. The fourth-order valence-electron chi connectivity index (χ4n) is 3.16. The van der Waals surface area contributed by atoms with Crippen molar-refractivity contribution in [2.24, 2.45) is 5.73 Å². The Kier molecular flexibility index (Phi) is 5.22. The van der Waals surface area contributed by atoms with Gasteiger partial charge in [-0.25, -0.2) is 0 Å². The Hall–Kier alpha value is -0.610. The van der Waals surface area contributed by atoms with Crippen molar-refractivity contribution >= 4 is 5.91 Å². The second-order valence-electron chi connectivity index (χ2n) is 6.36. The van der Waals surface area contributed by atoms with Gasteiger partial charge in [-0.05, 0) is 32.7 Å². The Balaban J connectivity index is 1.80. The molecule has 3 N–H and O–H groups in total. The van der Waals surface area contributed by atoms with Crippen LogP contribution in [0.1, 0.15) is 57.8 Å². The minimum Gasteiger partial charge on any atom is -0.353 e. The van der Waals surface area contributed by atoms with Crippen molar-refractivity contribution in [2.45, 2.75) is 69.4 Å². The number of hydrogen-bond donors (Lipinski definition) is 2. The molecule has 0 unspecified atom stereocenters. The molecular formula is C15H29N3O. The highest BCUT2D eigenvalue weighted by Gasteiger charge is 2.33. The molecule has 2 saturated carbocycles. The van der Waals surface area contributed by atoms with Crippen molar-refractivity contribution in [2.75, 3.05) is 20.1 Å². The Morgan fingerprint density at radius 1 is 1.26 bits per heavy atom. The maximum atomic E-state index is 11.8. The Bertz CT molecular complexity index is 294. The van der Waals surface area contributed by atoms with Crippen LogP contribution < -0.4 is 11.1 Å². The standard InChI is InChI=1S/C15H29N3O/c1-18(11-8-14(19)17-13-6-7-13)15(12-16)9-4-2-3-5-10-15/h13H,2-12,16H2,1H3,(H,17,19). The van der Waals surface area contributed by atoms with Gasteiger partial charge in [-0.3, -0.25) is 9.69 Å². The lowest BCUT2D eigenvalue weighted by molar-refractivity contribution is -0.121. The van der Waals surface area contributed by atoms with Gasteiger partial charge in [-0.1, -0.05) is 25.7 Å². The summed E-state index contributed by atoms with van der Waals surface area (Å²) in [7, 11) is 2.14. The summed E-state index contributed by atoms with van der Waals surface area (Å²) in [4.78, 5) is 14.1. The number of rotatable bonds is 6. The number of amides is 1. The van der Waals surface area contributed by atoms with E-state index >= 15 is 0 Å². The van der Waals surface area contributed by atoms with E-state index in [4.69, 9.17) is 5.73 Å². The van der Waals surface area contributed by atoms with Gasteiger partial charge in [-0.15, -0.1) is 0 Å². The van der Waals surface area contributed by atoms with E-state index in [1.54, 1.807) is 0 Å². The summed E-state index contributed by atoms with van der Waals surface area (Å²) in [6.07, 6.45) is 10.5. The molecule has 0 aliphatic heterocycles. The molecule has 1 amide bonds. The van der Waals surface area contributed by atoms with Gasteiger partial charge in [-0.2, -0.15) is 0 Å². The summed E-state index contributed by atoms with van der Waals surface area (Å²) in [6, 6.07) is 0.471. The predicted octanol–water partition coefficient (Wildman–Crippen LogP) is 1.64. The number of hydrogen-bond acceptors (Lipinski definition) is 3. The molecule has 19 heavy (non-hydrogen) atoms. The Morgan fingerprint density at radius 3 is 2.42 bits per heavy atom. The molecule has 0 aromatic carbocycles. The summed E-state index contributed by atoms with van der Waals surface area (Å²) in [6.45, 7) is 1.55. The number of carbonyl (C=O) groups is 1. The van der Waals surface area contributed by atoms with E-state index in [9.17, 15) is 4.79 Å². The monoisotopic (exact) mass is 267 g/mol. The molecule has 2 rings (SSSR count). The van der Waals surface area contributed by atoms with Gasteiger partial charge in [0.05, 0.1) is 0 Å². The average Bonchev–Trinajstić information content (AvgIpc) is 3.22. The average molecular weight is 267 g/mol. The van der Waals surface area contributed by atoms with Crippen LogP contribution in [-0.4, -0.2) is 42.5 Å². The Labute approximate surface area is 117 Å². The van der Waals surface area contributed by atoms with E-state index in [0.717, 1.165) is 19.4 Å². The first kappa shape index (κ1) is 14.8. The van der Waals surface area contributed by atoms with Crippen LogP contribution in [0.5, 0.6) is 0 Å². The van der Waals surface area contributed by atoms with E-state index < -0.39 is 0 Å². The number of likely N-dealkylation sites (N-methyl/N-ethyl adjacent to an activating group) is 1. The van der Waals surface area contributed by atoms with Gasteiger partial charge >= 0.3 is 0 Å². The smallest absolute Gasteiger partial charge is 0.221 e. The van der Waals surface area contributed by atoms with E-state index in [1.807, 2.05) is 0 Å². The van der Waals surface area contributed by atoms with Gasteiger partial charge in [0.25, 0.3) is 0 Å². The second kappa shape index (κ2) is 6.71. The first-order valence-corrected chi connectivity index (χ1v) is 7.87. The highest BCUT2D eigenvalue weighted by Crippen LogP contribution is 2.31. The van der Waals surface area contributed by atoms with Crippen LogP contribution in [0.4, 0.5) is 0 Å². The molecule has 2 aliphatic rings. The number of carbonyl (C=O) groups excluding carboxylic acids is 1. The predicted molar refractivity (Wildman–Crippen MR) is 77.9 cm³/mol. The maximum Gasteiger partial charge on any atom is 0.221 e. The van der Waals surface area contributed by atoms with Crippen molar-refractivity contribution in [3.8, 4) is 0 Å². The van der Waals surface area contributed by atoms with Gasteiger partial charge in [0.2, 0.25) is 5.91 Å². The third kappa shape index (κ3) is 4.18. The minimum atomic E-state index is 0.135. The SMILES string of the molecule is CN(CCC(=O)NC1CC1)C1(CN)CCCCCC1. The fraction of sp³-hybridized carbons (Fsp3) is 0.933. The summed E-state index contributed by atoms with van der Waals surface area (Å²) in [5.41, 5.74) is 6.20. The summed E-state index contributed by atoms with van der Waals surface area (Å²) in [5.74, 6) is 0.204. The minimum absolute atomic E-state index is 0.135. The normalized spacial score (nSPS) is 23.1. The summed E-state index contributed by atoms with van der Waals surface area (Å²) in [5, 5.41) is 3.06. The third-order valence-electron chi connectivity index (χ3n) is 4.84. The molecule has 0 spiro atoms. The molecule has 4 nitrogen and oxygen atoms in total. The second-order valence-corrected chi connectivity index (χ2v) is 6.36. The molecule has 0 bridgehead atoms. The van der Waals surface area contributed by atoms with Crippen molar-refractivity contribution in [3.63, 3.8) is 0 Å². The van der Waals surface area contributed by atoms with Gasteiger partial charge in [0.15, 0.2) is 0 Å². The molecule has 0 saturated heterocycles. The van der Waals surface area contributed by atoms with Crippen LogP contribution >= 0.6 is 0 Å². The van der Waals surface area contributed by atoms with Crippen LogP contribution in [0.25, 0.3) is 0 Å². The molecule has 2 aliphatic carbocycles. The van der Waals surface area contributed by atoms with Crippen LogP contribution in [0, 0.1) is 0 Å². The molecule has 4 heteroatoms. The van der Waals surface area contributed by atoms with Crippen molar-refractivity contribution in [1.29, 1.82) is 0 Å². The van der Waals surface area contributed by atoms with Gasteiger partial charge in [0, 0.05) is 31.1 Å². The molecule has 110 valence electrons. The molecule has 0 radical (unpaired) electrons. The zero-order chi connectivity index (χ0) is 13.7. The first-order chi connectivity index (χ1) is 9.16. The summed E-state index contributed by atoms with van der Waals surface area (Å²) >= 11 is 0. The summed E-state index contributed by atoms with van der Waals surface area (Å²) < 4.78 is 0. The molecular weight excluding hydrogens is 238 g/mol. The lowest BCUT2D eigenvalue weighted by atomic mass is 9.88. The Morgan fingerprint density at radius 2 is 1.89 bits per heavy atom. The van der Waals surface area contributed by atoms with Crippen molar-refractivity contribution in [3.05, 3.63) is 0 Å². The topological polar surface area (TPSA) is 58.4 Å². The number of nitrogens with two attached hydrogens (primary N) is 1. The maximum absolute atomic E-state index is 11.8. The van der Waals surface area contributed by atoms with Gasteiger partial charge in [0.1, 0.15) is 0 Å². The van der Waals surface area contributed by atoms with Crippen LogP contribution in [0.2, 0.25) is 0 Å². The van der Waals surface area contributed by atoms with E-state index in [0.29, 0.717) is 19.0 Å². The lowest BCUT2D eigenvalue weighted by Gasteiger charge is -2.41. The molecule has 0 aromatic heterocycles. The fourth-order valence-corrected chi connectivity index (χ4v) is 3.16. The van der Waals surface area contributed by atoms with Crippen molar-refractivity contribution in [1.82, 2.24) is 10.2 Å². The number of nitrogens with zero attached hydrogens (tertiary/aromatic N) is 1. The van der Waals surface area contributed by atoms with E-state index in [-0.39, 0.29) is 11.4 Å². The quantitative estimate of drug-likeness (QED) is 0.719. The molecule has 0 heterocycles. The van der Waals surface area contributed by atoms with Crippen LogP contribution in [0.15, 0.2) is 0 Å². The number of nitrogens with one attached hydrogen (secondary N) is 1. The zero-order valence-electron chi connectivity index (χ0n) is 12.3. The first-order valence-electron chi connectivity index (χ1n) is 7.87. The van der Waals surface area contributed by atoms with E-state index in [1.165, 1.54) is 38.5 Å². The van der Waals surface area contributed by atoms with Crippen LogP contribution in [-0.2, 0) is 4.79 Å². The third-order valence-corrected chi connectivity index (χ3v) is 4.84. The highest BCUT2D eigenvalue weighted by molar-refractivity contribution is 5.76. The molecule has 0 atom stereocenters. The van der Waals surface area contributed by atoms with Gasteiger partial charge < -0.3 is 11.1 Å². The van der Waals surface area contributed by atoms with Crippen molar-refractivity contribution < 1.29 is 4.79 Å². The highest BCUT2D eigenvalue weighted by atomic mass is 16.1. The van der Waals surface area contributed by atoms with E-state index in [2.05, 4.69) is 17.3 Å². The zero-order valence-corrected chi connectivity index (χ0v) is 12.3. The lowest BCUT2D eigenvalue weighted by Crippen LogP contribution is -2.52. The van der Waals surface area contributed by atoms with Crippen LogP contribution in [0.3, 0.4) is 0 Å². The molecule has 2 fully saturated rings. The molecule has 0 aromatic rings.